The van der Waals surface area contributed by atoms with E-state index < -0.39 is 6.10 Å². The molecule has 0 bridgehead atoms. The minimum atomic E-state index is -0.542. The molecule has 0 saturated carbocycles. The number of hydrogen-bond acceptors (Lipinski definition) is 4. The fraction of sp³-hybridized carbons (Fsp3) is 0.143. The quantitative estimate of drug-likeness (QED) is 0.783. The first-order valence-electron chi connectivity index (χ1n) is 5.73. The summed E-state index contributed by atoms with van der Waals surface area (Å²) in [7, 11) is 0. The van der Waals surface area contributed by atoms with Crippen LogP contribution in [0.15, 0.2) is 47.4 Å². The molecular formula is C14H12N2OS. The Morgan fingerprint density at radius 2 is 2.06 bits per heavy atom. The Labute approximate surface area is 109 Å². The summed E-state index contributed by atoms with van der Waals surface area (Å²) in [5, 5.41) is 14.4. The number of hydrogen-bond donors (Lipinski definition) is 1. The van der Waals surface area contributed by atoms with Crippen molar-refractivity contribution in [2.75, 3.05) is 0 Å². The van der Waals surface area contributed by atoms with E-state index in [-0.39, 0.29) is 0 Å². The molecule has 1 N–H and O–H groups in total. The summed E-state index contributed by atoms with van der Waals surface area (Å²) in [6, 6.07) is 7.76. The molecule has 1 aromatic carbocycles. The Hall–Kier alpha value is -1.78. The average Bonchev–Trinajstić information content (AvgIpc) is 2.91. The second-order valence-electron chi connectivity index (χ2n) is 4.12. The fourth-order valence-electron chi connectivity index (χ4n) is 2.03. The molecular weight excluding hydrogens is 244 g/mol. The lowest BCUT2D eigenvalue weighted by Crippen LogP contribution is -2.03. The van der Waals surface area contributed by atoms with E-state index in [1.54, 1.807) is 23.7 Å². The Kier molecular flexibility index (Phi) is 3.04. The standard InChI is InChI=1S/C14H12N2OS/c17-13(8-10-4-7-18-9-10)11-2-1-3-12-14(11)16-6-5-15-12/h1-7,9,13,17H,8H2. The maximum Gasteiger partial charge on any atom is 0.0944 e. The number of thiophene rings is 1. The lowest BCUT2D eigenvalue weighted by Gasteiger charge is -2.11. The van der Waals surface area contributed by atoms with Gasteiger partial charge in [-0.1, -0.05) is 12.1 Å². The molecule has 2 heterocycles. The first kappa shape index (κ1) is 11.3. The number of aliphatic hydroxyl groups excluding tert-OH is 1. The van der Waals surface area contributed by atoms with Crippen LogP contribution < -0.4 is 0 Å². The van der Waals surface area contributed by atoms with Crippen LogP contribution in [0.1, 0.15) is 17.2 Å². The van der Waals surface area contributed by atoms with Gasteiger partial charge in [0.1, 0.15) is 0 Å². The van der Waals surface area contributed by atoms with E-state index in [1.807, 2.05) is 29.6 Å². The van der Waals surface area contributed by atoms with Crippen molar-refractivity contribution < 1.29 is 5.11 Å². The Bertz CT molecular complexity index is 646. The minimum absolute atomic E-state index is 0.542. The molecule has 1 unspecified atom stereocenters. The number of fused-ring (bicyclic) bond motifs is 1. The molecule has 0 saturated heterocycles. The van der Waals surface area contributed by atoms with Gasteiger partial charge in [0.25, 0.3) is 0 Å². The van der Waals surface area contributed by atoms with E-state index >= 15 is 0 Å². The van der Waals surface area contributed by atoms with Crippen molar-refractivity contribution in [2.45, 2.75) is 12.5 Å². The maximum absolute atomic E-state index is 10.3. The summed E-state index contributed by atoms with van der Waals surface area (Å²) in [5.41, 5.74) is 3.59. The minimum Gasteiger partial charge on any atom is -0.388 e. The topological polar surface area (TPSA) is 46.0 Å². The molecule has 0 fully saturated rings. The van der Waals surface area contributed by atoms with Crippen molar-refractivity contribution >= 4 is 22.4 Å². The SMILES string of the molecule is OC(Cc1ccsc1)c1cccc2nccnc12. The molecule has 3 rings (SSSR count). The zero-order chi connectivity index (χ0) is 12.4. The van der Waals surface area contributed by atoms with Gasteiger partial charge in [-0.25, -0.2) is 0 Å². The van der Waals surface area contributed by atoms with Crippen molar-refractivity contribution in [1.82, 2.24) is 9.97 Å². The van der Waals surface area contributed by atoms with Gasteiger partial charge in [-0.05, 0) is 28.5 Å². The molecule has 90 valence electrons. The molecule has 0 radical (unpaired) electrons. The molecule has 3 aromatic rings. The van der Waals surface area contributed by atoms with Crippen molar-refractivity contribution in [3.63, 3.8) is 0 Å². The summed E-state index contributed by atoms with van der Waals surface area (Å²) in [4.78, 5) is 8.56. The largest absolute Gasteiger partial charge is 0.388 e. The Balaban J connectivity index is 1.98. The lowest BCUT2D eigenvalue weighted by molar-refractivity contribution is 0.180. The highest BCUT2D eigenvalue weighted by atomic mass is 32.1. The van der Waals surface area contributed by atoms with Crippen LogP contribution in [0.25, 0.3) is 11.0 Å². The van der Waals surface area contributed by atoms with E-state index in [0.717, 1.165) is 22.2 Å². The highest BCUT2D eigenvalue weighted by molar-refractivity contribution is 7.07. The van der Waals surface area contributed by atoms with E-state index in [2.05, 4.69) is 15.3 Å². The monoisotopic (exact) mass is 256 g/mol. The molecule has 0 spiro atoms. The van der Waals surface area contributed by atoms with Crippen LogP contribution in [0.2, 0.25) is 0 Å². The smallest absolute Gasteiger partial charge is 0.0944 e. The van der Waals surface area contributed by atoms with E-state index in [1.165, 1.54) is 0 Å². The number of rotatable bonds is 3. The van der Waals surface area contributed by atoms with Gasteiger partial charge in [-0.15, -0.1) is 0 Å². The summed E-state index contributed by atoms with van der Waals surface area (Å²) < 4.78 is 0. The first-order chi connectivity index (χ1) is 8.84. The third-order valence-electron chi connectivity index (χ3n) is 2.90. The van der Waals surface area contributed by atoms with Crippen LogP contribution in [0.5, 0.6) is 0 Å². The molecule has 1 atom stereocenters. The van der Waals surface area contributed by atoms with Gasteiger partial charge in [0.15, 0.2) is 0 Å². The Morgan fingerprint density at radius 3 is 2.89 bits per heavy atom. The number of para-hydroxylation sites is 1. The highest BCUT2D eigenvalue weighted by Gasteiger charge is 2.13. The van der Waals surface area contributed by atoms with Crippen molar-refractivity contribution in [1.29, 1.82) is 0 Å². The first-order valence-corrected chi connectivity index (χ1v) is 6.67. The van der Waals surface area contributed by atoms with Crippen molar-refractivity contribution in [3.05, 3.63) is 58.5 Å². The summed E-state index contributed by atoms with van der Waals surface area (Å²) in [6.45, 7) is 0. The van der Waals surface area contributed by atoms with E-state index in [0.29, 0.717) is 6.42 Å². The maximum atomic E-state index is 10.3. The molecule has 18 heavy (non-hydrogen) atoms. The van der Waals surface area contributed by atoms with Crippen molar-refractivity contribution in [2.24, 2.45) is 0 Å². The zero-order valence-corrected chi connectivity index (χ0v) is 10.5. The van der Waals surface area contributed by atoms with Crippen LogP contribution in [-0.2, 0) is 6.42 Å². The third kappa shape index (κ3) is 2.12. The molecule has 3 nitrogen and oxygen atoms in total. The third-order valence-corrected chi connectivity index (χ3v) is 3.63. The van der Waals surface area contributed by atoms with Gasteiger partial charge in [0.2, 0.25) is 0 Å². The number of aromatic nitrogens is 2. The van der Waals surface area contributed by atoms with Gasteiger partial charge in [0, 0.05) is 24.4 Å². The molecule has 0 aliphatic carbocycles. The average molecular weight is 256 g/mol. The van der Waals surface area contributed by atoms with Gasteiger partial charge in [-0.2, -0.15) is 11.3 Å². The lowest BCUT2D eigenvalue weighted by atomic mass is 10.0. The van der Waals surface area contributed by atoms with Crippen LogP contribution in [0.3, 0.4) is 0 Å². The van der Waals surface area contributed by atoms with E-state index in [4.69, 9.17) is 0 Å². The number of nitrogens with zero attached hydrogens (tertiary/aromatic N) is 2. The number of aliphatic hydroxyl groups is 1. The molecule has 0 aliphatic heterocycles. The summed E-state index contributed by atoms with van der Waals surface area (Å²) in [5.74, 6) is 0. The van der Waals surface area contributed by atoms with Crippen molar-refractivity contribution in [3.8, 4) is 0 Å². The fourth-order valence-corrected chi connectivity index (χ4v) is 2.71. The van der Waals surface area contributed by atoms with Crippen LogP contribution in [-0.4, -0.2) is 15.1 Å². The molecule has 0 aliphatic rings. The van der Waals surface area contributed by atoms with Gasteiger partial charge in [-0.3, -0.25) is 9.97 Å². The Morgan fingerprint density at radius 1 is 1.17 bits per heavy atom. The van der Waals surface area contributed by atoms with Crippen LogP contribution in [0, 0.1) is 0 Å². The second-order valence-corrected chi connectivity index (χ2v) is 4.90. The zero-order valence-electron chi connectivity index (χ0n) is 9.65. The summed E-state index contributed by atoms with van der Waals surface area (Å²) in [6.07, 6.45) is 3.39. The van der Waals surface area contributed by atoms with Crippen LogP contribution in [0.4, 0.5) is 0 Å². The second kappa shape index (κ2) is 4.84. The highest BCUT2D eigenvalue weighted by Crippen LogP contribution is 2.24. The van der Waals surface area contributed by atoms with E-state index in [9.17, 15) is 5.11 Å². The molecule has 0 amide bonds. The normalized spacial score (nSPS) is 12.7. The predicted octanol–water partition coefficient (Wildman–Crippen LogP) is 2.97. The van der Waals surface area contributed by atoms with Gasteiger partial charge >= 0.3 is 0 Å². The molecule has 2 aromatic heterocycles. The number of benzene rings is 1. The van der Waals surface area contributed by atoms with Gasteiger partial charge in [0.05, 0.1) is 17.1 Å². The predicted molar refractivity (Wildman–Crippen MR) is 72.5 cm³/mol. The van der Waals surface area contributed by atoms with Crippen LogP contribution >= 0.6 is 11.3 Å². The molecule has 4 heteroatoms. The summed E-state index contributed by atoms with van der Waals surface area (Å²) >= 11 is 1.64. The van der Waals surface area contributed by atoms with Gasteiger partial charge < -0.3 is 5.11 Å².